The van der Waals surface area contributed by atoms with Gasteiger partial charge in [-0.25, -0.2) is 4.99 Å². The van der Waals surface area contributed by atoms with Gasteiger partial charge < -0.3 is 16.0 Å². The predicted molar refractivity (Wildman–Crippen MR) is 110 cm³/mol. The number of aromatic nitrogens is 1. The Hall–Kier alpha value is -2.33. The Morgan fingerprint density at radius 1 is 1.38 bits per heavy atom. The molecule has 1 saturated carbocycles. The summed E-state index contributed by atoms with van der Waals surface area (Å²) in [7, 11) is 0. The van der Waals surface area contributed by atoms with Crippen LogP contribution < -0.4 is 11.5 Å². The molecular formula is C22H30N4. The number of hydrogen-bond acceptors (Lipinski definition) is 2. The molecule has 1 fully saturated rings. The molecule has 0 atom stereocenters. The monoisotopic (exact) mass is 350 g/mol. The third-order valence-corrected chi connectivity index (χ3v) is 5.57. The van der Waals surface area contributed by atoms with Crippen molar-refractivity contribution in [3.63, 3.8) is 0 Å². The predicted octanol–water partition coefficient (Wildman–Crippen LogP) is 4.35. The van der Waals surface area contributed by atoms with Gasteiger partial charge in [-0.1, -0.05) is 44.7 Å². The van der Waals surface area contributed by atoms with Gasteiger partial charge >= 0.3 is 0 Å². The van der Waals surface area contributed by atoms with Crippen LogP contribution in [-0.4, -0.2) is 16.9 Å². The van der Waals surface area contributed by atoms with Crippen molar-refractivity contribution in [2.24, 2.45) is 22.4 Å². The SMILES string of the molecule is C=CN=C(N)c1c(-c2cccc(C(C)C)c2)cn(C2CC(CN)C2)c1C. The molecule has 0 aliphatic heterocycles. The van der Waals surface area contributed by atoms with Gasteiger partial charge in [0.25, 0.3) is 0 Å². The Bertz CT molecular complexity index is 823. The summed E-state index contributed by atoms with van der Waals surface area (Å²) in [4.78, 5) is 4.27. The lowest BCUT2D eigenvalue weighted by Gasteiger charge is -2.36. The number of rotatable bonds is 6. The molecule has 0 spiro atoms. The first-order valence-corrected chi connectivity index (χ1v) is 9.42. The van der Waals surface area contributed by atoms with E-state index in [1.807, 2.05) is 0 Å². The fourth-order valence-corrected chi connectivity index (χ4v) is 3.89. The quantitative estimate of drug-likeness (QED) is 0.601. The molecule has 0 radical (unpaired) electrons. The highest BCUT2D eigenvalue weighted by Crippen LogP contribution is 2.41. The van der Waals surface area contributed by atoms with E-state index in [0.717, 1.165) is 30.5 Å². The highest BCUT2D eigenvalue weighted by molar-refractivity contribution is 6.05. The summed E-state index contributed by atoms with van der Waals surface area (Å²) in [5, 5.41) is 0. The lowest BCUT2D eigenvalue weighted by Crippen LogP contribution is -2.32. The fourth-order valence-electron chi connectivity index (χ4n) is 3.89. The Balaban J connectivity index is 2.10. The molecule has 1 aliphatic rings. The lowest BCUT2D eigenvalue weighted by atomic mass is 9.80. The van der Waals surface area contributed by atoms with Crippen LogP contribution in [0.3, 0.4) is 0 Å². The number of nitrogens with zero attached hydrogens (tertiary/aromatic N) is 2. The van der Waals surface area contributed by atoms with Crippen LogP contribution in [0.15, 0.2) is 48.2 Å². The second-order valence-electron chi connectivity index (χ2n) is 7.61. The van der Waals surface area contributed by atoms with Gasteiger partial charge in [-0.05, 0) is 49.3 Å². The molecule has 0 unspecified atom stereocenters. The fraction of sp³-hybridized carbons (Fsp3) is 0.409. The summed E-state index contributed by atoms with van der Waals surface area (Å²) in [6, 6.07) is 9.21. The third kappa shape index (κ3) is 3.34. The van der Waals surface area contributed by atoms with Crippen molar-refractivity contribution in [1.29, 1.82) is 0 Å². The zero-order valence-electron chi connectivity index (χ0n) is 16.1. The van der Waals surface area contributed by atoms with Crippen molar-refractivity contribution in [1.82, 2.24) is 4.57 Å². The van der Waals surface area contributed by atoms with E-state index in [1.54, 1.807) is 0 Å². The van der Waals surface area contributed by atoms with E-state index >= 15 is 0 Å². The van der Waals surface area contributed by atoms with Crippen molar-refractivity contribution in [3.05, 3.63) is 60.1 Å². The minimum atomic E-state index is 0.484. The summed E-state index contributed by atoms with van der Waals surface area (Å²) in [6.45, 7) is 11.0. The molecule has 0 bridgehead atoms. The zero-order valence-corrected chi connectivity index (χ0v) is 16.1. The molecule has 138 valence electrons. The number of benzene rings is 1. The molecule has 1 heterocycles. The highest BCUT2D eigenvalue weighted by atomic mass is 15.0. The van der Waals surface area contributed by atoms with Gasteiger partial charge in [0.1, 0.15) is 5.84 Å². The Morgan fingerprint density at radius 3 is 2.73 bits per heavy atom. The van der Waals surface area contributed by atoms with E-state index in [1.165, 1.54) is 23.0 Å². The maximum Gasteiger partial charge on any atom is 0.133 e. The third-order valence-electron chi connectivity index (χ3n) is 5.57. The first-order valence-electron chi connectivity index (χ1n) is 9.42. The molecular weight excluding hydrogens is 320 g/mol. The van der Waals surface area contributed by atoms with E-state index in [9.17, 15) is 0 Å². The minimum Gasteiger partial charge on any atom is -0.383 e. The second kappa shape index (κ2) is 7.50. The second-order valence-corrected chi connectivity index (χ2v) is 7.61. The van der Waals surface area contributed by atoms with Gasteiger partial charge in [0.15, 0.2) is 0 Å². The van der Waals surface area contributed by atoms with Crippen molar-refractivity contribution in [2.45, 2.75) is 45.6 Å². The summed E-state index contributed by atoms with van der Waals surface area (Å²) in [5.74, 6) is 1.64. The van der Waals surface area contributed by atoms with Crippen LogP contribution in [0.5, 0.6) is 0 Å². The van der Waals surface area contributed by atoms with Crippen LogP contribution in [0.2, 0.25) is 0 Å². The van der Waals surface area contributed by atoms with Crippen molar-refractivity contribution in [2.75, 3.05) is 6.54 Å². The maximum absolute atomic E-state index is 6.31. The molecule has 4 nitrogen and oxygen atoms in total. The highest BCUT2D eigenvalue weighted by Gasteiger charge is 2.31. The van der Waals surface area contributed by atoms with Gasteiger partial charge in [-0.3, -0.25) is 0 Å². The number of nitrogens with two attached hydrogens (primary N) is 2. The van der Waals surface area contributed by atoms with E-state index in [4.69, 9.17) is 11.5 Å². The summed E-state index contributed by atoms with van der Waals surface area (Å²) in [5.41, 5.74) is 18.0. The lowest BCUT2D eigenvalue weighted by molar-refractivity contribution is 0.202. The van der Waals surface area contributed by atoms with Crippen LogP contribution in [0, 0.1) is 12.8 Å². The number of aliphatic imine (C=N–C) groups is 1. The largest absolute Gasteiger partial charge is 0.383 e. The van der Waals surface area contributed by atoms with Gasteiger partial charge in [0.05, 0.1) is 0 Å². The smallest absolute Gasteiger partial charge is 0.133 e. The molecule has 4 N–H and O–H groups in total. The number of hydrogen-bond donors (Lipinski definition) is 2. The van der Waals surface area contributed by atoms with Gasteiger partial charge in [0.2, 0.25) is 0 Å². The first kappa shape index (κ1) is 18.5. The van der Waals surface area contributed by atoms with Gasteiger partial charge in [-0.15, -0.1) is 0 Å². The molecule has 3 rings (SSSR count). The molecule has 0 amide bonds. The van der Waals surface area contributed by atoms with E-state index in [2.05, 4.69) is 67.4 Å². The molecule has 2 aromatic rings. The molecule has 26 heavy (non-hydrogen) atoms. The molecule has 1 aromatic carbocycles. The summed E-state index contributed by atoms with van der Waals surface area (Å²) >= 11 is 0. The summed E-state index contributed by atoms with van der Waals surface area (Å²) in [6.07, 6.45) is 6.02. The first-order chi connectivity index (χ1) is 12.5. The van der Waals surface area contributed by atoms with Crippen LogP contribution >= 0.6 is 0 Å². The Morgan fingerprint density at radius 2 is 2.12 bits per heavy atom. The van der Waals surface area contributed by atoms with Crippen molar-refractivity contribution >= 4 is 5.84 Å². The summed E-state index contributed by atoms with van der Waals surface area (Å²) < 4.78 is 2.37. The number of amidine groups is 1. The Labute approximate surface area is 156 Å². The minimum absolute atomic E-state index is 0.484. The van der Waals surface area contributed by atoms with Crippen molar-refractivity contribution in [3.8, 4) is 11.1 Å². The van der Waals surface area contributed by atoms with Crippen LogP contribution in [-0.2, 0) is 0 Å². The molecule has 0 saturated heterocycles. The Kier molecular flexibility index (Phi) is 5.33. The average Bonchev–Trinajstić information content (AvgIpc) is 2.92. The average molecular weight is 351 g/mol. The standard InChI is InChI=1S/C22H30N4/c1-5-25-22(24)21-15(4)26(19-9-16(10-19)12-23)13-20(21)18-8-6-7-17(11-18)14(2)3/h5-8,11,13-14,16,19H,1,9-10,12,23H2,2-4H3,(H2,24,25). The molecule has 4 heteroatoms. The maximum atomic E-state index is 6.31. The van der Waals surface area contributed by atoms with Crippen LogP contribution in [0.25, 0.3) is 11.1 Å². The van der Waals surface area contributed by atoms with Crippen LogP contribution in [0.4, 0.5) is 0 Å². The van der Waals surface area contributed by atoms with Crippen LogP contribution in [0.1, 0.15) is 55.5 Å². The van der Waals surface area contributed by atoms with Gasteiger partial charge in [-0.2, -0.15) is 0 Å². The van der Waals surface area contributed by atoms with E-state index in [0.29, 0.717) is 23.7 Å². The van der Waals surface area contributed by atoms with Gasteiger partial charge in [0, 0.05) is 35.3 Å². The zero-order chi connectivity index (χ0) is 18.8. The normalized spacial score (nSPS) is 20.3. The van der Waals surface area contributed by atoms with E-state index < -0.39 is 0 Å². The topological polar surface area (TPSA) is 69.3 Å². The molecule has 1 aliphatic carbocycles. The van der Waals surface area contributed by atoms with E-state index in [-0.39, 0.29) is 0 Å². The van der Waals surface area contributed by atoms with Crippen molar-refractivity contribution < 1.29 is 0 Å². The molecule has 1 aromatic heterocycles.